The smallest absolute Gasteiger partial charge is 0.0273 e. The van der Waals surface area contributed by atoms with Gasteiger partial charge in [-0.15, -0.1) is 0 Å². The third-order valence-electron chi connectivity index (χ3n) is 0.982. The van der Waals surface area contributed by atoms with E-state index in [1.807, 2.05) is 13.3 Å². The fraction of sp³-hybridized carbons (Fsp3) is 0.800. The summed E-state index contributed by atoms with van der Waals surface area (Å²) in [5.74, 6) is 0.856. The van der Waals surface area contributed by atoms with E-state index in [9.17, 15) is 0 Å². The number of hydrogen-bond acceptors (Lipinski definition) is 1. The molecule has 0 bridgehead atoms. The largest absolute Gasteiger partial charge is 0.301 e. The Labute approximate surface area is 38.1 Å². The molecule has 1 saturated carbocycles. The topological polar surface area (TPSA) is 12.4 Å². The molecule has 0 spiro atoms. The number of hydrogen-bond donors (Lipinski definition) is 0. The average Bonchev–Trinajstić information content (AvgIpc) is 2.21. The van der Waals surface area contributed by atoms with Gasteiger partial charge >= 0.3 is 0 Å². The quantitative estimate of drug-likeness (QED) is 0.421. The van der Waals surface area contributed by atoms with Crippen molar-refractivity contribution in [3.63, 3.8) is 0 Å². The minimum absolute atomic E-state index is 0.856. The van der Waals surface area contributed by atoms with Crippen LogP contribution in [0.5, 0.6) is 0 Å². The first-order valence-electron chi connectivity index (χ1n) is 2.36. The maximum Gasteiger partial charge on any atom is 0.0273 e. The third-order valence-corrected chi connectivity index (χ3v) is 0.982. The molecule has 0 aromatic heterocycles. The summed E-state index contributed by atoms with van der Waals surface area (Å²) in [6.07, 6.45) is 4.77. The maximum atomic E-state index is 3.87. The van der Waals surface area contributed by atoms with Gasteiger partial charge < -0.3 is 4.99 Å². The average molecular weight is 83.1 g/mol. The summed E-state index contributed by atoms with van der Waals surface area (Å²) in [5, 5.41) is 0. The van der Waals surface area contributed by atoms with Gasteiger partial charge in [-0.3, -0.25) is 0 Å². The van der Waals surface area contributed by atoms with Gasteiger partial charge in [-0.25, -0.2) is 0 Å². The molecule has 0 N–H and O–H groups in total. The maximum absolute atomic E-state index is 3.87. The van der Waals surface area contributed by atoms with Crippen LogP contribution in [0.15, 0.2) is 4.99 Å². The highest BCUT2D eigenvalue weighted by Gasteiger charge is 2.17. The fourth-order valence-electron chi connectivity index (χ4n) is 0.456. The monoisotopic (exact) mass is 83.1 g/mol. The van der Waals surface area contributed by atoms with E-state index in [-0.39, 0.29) is 0 Å². The summed E-state index contributed by atoms with van der Waals surface area (Å²) in [7, 11) is 1.83. The lowest BCUT2D eigenvalue weighted by Crippen LogP contribution is -1.70. The lowest BCUT2D eigenvalue weighted by atomic mass is 10.5. The minimum atomic E-state index is 0.856. The van der Waals surface area contributed by atoms with E-state index >= 15 is 0 Å². The molecule has 1 heteroatoms. The first kappa shape index (κ1) is 3.85. The molecule has 0 aromatic carbocycles. The molecule has 0 saturated heterocycles. The molecular weight excluding hydrogens is 74.1 g/mol. The molecule has 1 aliphatic rings. The highest BCUT2D eigenvalue weighted by Crippen LogP contribution is 2.25. The highest BCUT2D eigenvalue weighted by atomic mass is 14.6. The Bertz CT molecular complexity index is 62.3. The molecule has 1 rings (SSSR count). The molecule has 1 nitrogen and oxygen atoms in total. The van der Waals surface area contributed by atoms with Crippen LogP contribution in [-0.2, 0) is 0 Å². The Balaban J connectivity index is 2.15. The molecule has 0 unspecified atom stereocenters. The Hall–Kier alpha value is -0.330. The van der Waals surface area contributed by atoms with E-state index < -0.39 is 0 Å². The zero-order valence-corrected chi connectivity index (χ0v) is 4.02. The van der Waals surface area contributed by atoms with Crippen LogP contribution >= 0.6 is 0 Å². The van der Waals surface area contributed by atoms with Crippen molar-refractivity contribution in [1.82, 2.24) is 0 Å². The Morgan fingerprint density at radius 1 is 1.67 bits per heavy atom. The first-order valence-corrected chi connectivity index (χ1v) is 2.36. The SMILES string of the molecule is CN=CC1CC1. The van der Waals surface area contributed by atoms with Crippen molar-refractivity contribution in [2.45, 2.75) is 12.8 Å². The Morgan fingerprint density at radius 2 is 2.33 bits per heavy atom. The van der Waals surface area contributed by atoms with Crippen LogP contribution in [0.2, 0.25) is 0 Å². The van der Waals surface area contributed by atoms with Crippen molar-refractivity contribution < 1.29 is 0 Å². The van der Waals surface area contributed by atoms with Crippen LogP contribution in [0.25, 0.3) is 0 Å². The molecule has 0 aromatic rings. The van der Waals surface area contributed by atoms with Gasteiger partial charge in [-0.05, 0) is 18.8 Å². The molecule has 0 heterocycles. The zero-order chi connectivity index (χ0) is 4.41. The Morgan fingerprint density at radius 3 is 2.50 bits per heavy atom. The van der Waals surface area contributed by atoms with Crippen molar-refractivity contribution in [3.8, 4) is 0 Å². The molecule has 0 radical (unpaired) electrons. The van der Waals surface area contributed by atoms with Crippen molar-refractivity contribution >= 4 is 6.21 Å². The van der Waals surface area contributed by atoms with E-state index in [1.165, 1.54) is 12.8 Å². The predicted molar refractivity (Wildman–Crippen MR) is 27.1 cm³/mol. The standard InChI is InChI=1S/C5H9N/c1-6-4-5-2-3-5/h4-5H,2-3H2,1H3. The highest BCUT2D eigenvalue weighted by molar-refractivity contribution is 5.63. The number of nitrogens with zero attached hydrogens (tertiary/aromatic N) is 1. The van der Waals surface area contributed by atoms with Gasteiger partial charge in [0.1, 0.15) is 0 Å². The van der Waals surface area contributed by atoms with Crippen LogP contribution in [0.4, 0.5) is 0 Å². The number of rotatable bonds is 1. The van der Waals surface area contributed by atoms with Crippen LogP contribution in [-0.4, -0.2) is 13.3 Å². The van der Waals surface area contributed by atoms with Crippen molar-refractivity contribution in [2.75, 3.05) is 7.05 Å². The summed E-state index contributed by atoms with van der Waals surface area (Å²) in [6.45, 7) is 0. The van der Waals surface area contributed by atoms with Crippen LogP contribution in [0.3, 0.4) is 0 Å². The van der Waals surface area contributed by atoms with Gasteiger partial charge in [0, 0.05) is 13.3 Å². The van der Waals surface area contributed by atoms with E-state index in [0.717, 1.165) is 5.92 Å². The van der Waals surface area contributed by atoms with Crippen LogP contribution in [0, 0.1) is 5.92 Å². The van der Waals surface area contributed by atoms with Gasteiger partial charge in [0.2, 0.25) is 0 Å². The molecule has 0 amide bonds. The van der Waals surface area contributed by atoms with Gasteiger partial charge in [-0.2, -0.15) is 0 Å². The summed E-state index contributed by atoms with van der Waals surface area (Å²) in [4.78, 5) is 3.87. The summed E-state index contributed by atoms with van der Waals surface area (Å²) in [6, 6.07) is 0. The first-order chi connectivity index (χ1) is 2.93. The van der Waals surface area contributed by atoms with Gasteiger partial charge in [-0.1, -0.05) is 0 Å². The molecular formula is C5H9N. The molecule has 0 atom stereocenters. The lowest BCUT2D eigenvalue weighted by Gasteiger charge is -1.69. The van der Waals surface area contributed by atoms with Crippen molar-refractivity contribution in [2.24, 2.45) is 10.9 Å². The fourth-order valence-corrected chi connectivity index (χ4v) is 0.456. The normalized spacial score (nSPS) is 22.8. The summed E-state index contributed by atoms with van der Waals surface area (Å²) >= 11 is 0. The second kappa shape index (κ2) is 1.41. The van der Waals surface area contributed by atoms with Gasteiger partial charge in [0.25, 0.3) is 0 Å². The molecule has 1 fully saturated rings. The molecule has 34 valence electrons. The van der Waals surface area contributed by atoms with E-state index in [1.54, 1.807) is 0 Å². The minimum Gasteiger partial charge on any atom is -0.301 e. The summed E-state index contributed by atoms with van der Waals surface area (Å²) < 4.78 is 0. The van der Waals surface area contributed by atoms with Gasteiger partial charge in [0.05, 0.1) is 0 Å². The third kappa shape index (κ3) is 0.814. The molecule has 6 heavy (non-hydrogen) atoms. The predicted octanol–water partition coefficient (Wildman–Crippen LogP) is 1.10. The second-order valence-corrected chi connectivity index (χ2v) is 1.74. The van der Waals surface area contributed by atoms with E-state index in [0.29, 0.717) is 0 Å². The van der Waals surface area contributed by atoms with Crippen LogP contribution < -0.4 is 0 Å². The van der Waals surface area contributed by atoms with Crippen molar-refractivity contribution in [1.29, 1.82) is 0 Å². The van der Waals surface area contributed by atoms with E-state index in [2.05, 4.69) is 4.99 Å². The van der Waals surface area contributed by atoms with E-state index in [4.69, 9.17) is 0 Å². The number of aliphatic imine (C=N–C) groups is 1. The molecule has 0 aliphatic heterocycles. The molecule has 1 aliphatic carbocycles. The second-order valence-electron chi connectivity index (χ2n) is 1.74. The Kier molecular flexibility index (Phi) is 0.906. The summed E-state index contributed by atoms with van der Waals surface area (Å²) in [5.41, 5.74) is 0. The van der Waals surface area contributed by atoms with Gasteiger partial charge in [0.15, 0.2) is 0 Å². The van der Waals surface area contributed by atoms with Crippen LogP contribution in [0.1, 0.15) is 12.8 Å². The zero-order valence-electron chi connectivity index (χ0n) is 4.02. The van der Waals surface area contributed by atoms with Crippen molar-refractivity contribution in [3.05, 3.63) is 0 Å². The lowest BCUT2D eigenvalue weighted by molar-refractivity contribution is 1.22.